The smallest absolute Gasteiger partial charge is 0.306 e. The molecule has 88 valence electrons. The van der Waals surface area contributed by atoms with Crippen LogP contribution in [-0.4, -0.2) is 17.8 Å². The van der Waals surface area contributed by atoms with E-state index in [-0.39, 0.29) is 29.5 Å². The van der Waals surface area contributed by atoms with Gasteiger partial charge in [0.2, 0.25) is 5.24 Å². The van der Waals surface area contributed by atoms with E-state index in [9.17, 15) is 9.59 Å². The van der Waals surface area contributed by atoms with Crippen molar-refractivity contribution in [2.45, 2.75) is 46.5 Å². The molecule has 0 spiro atoms. The Kier molecular flexibility index (Phi) is 6.57. The summed E-state index contributed by atoms with van der Waals surface area (Å²) in [6.45, 7) is 6.06. The van der Waals surface area contributed by atoms with Gasteiger partial charge in [0.05, 0.1) is 13.0 Å². The van der Waals surface area contributed by atoms with E-state index in [0.29, 0.717) is 6.61 Å². The number of hydrogen-bond donors (Lipinski definition) is 0. The van der Waals surface area contributed by atoms with Crippen LogP contribution in [0.2, 0.25) is 0 Å². The summed E-state index contributed by atoms with van der Waals surface area (Å²) in [7, 11) is 0. The monoisotopic (exact) mass is 234 g/mol. The van der Waals surface area contributed by atoms with Crippen molar-refractivity contribution in [3.05, 3.63) is 0 Å². The van der Waals surface area contributed by atoms with Crippen LogP contribution in [-0.2, 0) is 14.3 Å². The Hall–Kier alpha value is -0.570. The highest BCUT2D eigenvalue weighted by Crippen LogP contribution is 2.35. The third-order valence-corrected chi connectivity index (χ3v) is 2.97. The lowest BCUT2D eigenvalue weighted by Crippen LogP contribution is -2.26. The average Bonchev–Trinajstić information content (AvgIpc) is 2.16. The summed E-state index contributed by atoms with van der Waals surface area (Å²) in [6, 6.07) is 0. The first-order valence-corrected chi connectivity index (χ1v) is 5.71. The minimum absolute atomic E-state index is 0.236. The first-order valence-electron chi connectivity index (χ1n) is 5.33. The van der Waals surface area contributed by atoms with Crippen LogP contribution in [0.1, 0.15) is 46.5 Å². The molecule has 0 aliphatic carbocycles. The Balaban J connectivity index is 4.48. The first kappa shape index (κ1) is 14.4. The molecule has 0 aromatic heterocycles. The van der Waals surface area contributed by atoms with Gasteiger partial charge in [-0.05, 0) is 36.8 Å². The van der Waals surface area contributed by atoms with E-state index in [1.54, 1.807) is 6.92 Å². The number of rotatable bonds is 7. The van der Waals surface area contributed by atoms with Gasteiger partial charge >= 0.3 is 5.97 Å². The maximum atomic E-state index is 11.4. The molecular weight excluding hydrogens is 216 g/mol. The molecule has 0 heterocycles. The number of esters is 1. The maximum Gasteiger partial charge on any atom is 0.306 e. The lowest BCUT2D eigenvalue weighted by Gasteiger charge is -2.28. The zero-order chi connectivity index (χ0) is 11.9. The van der Waals surface area contributed by atoms with E-state index in [0.717, 1.165) is 12.8 Å². The highest BCUT2D eigenvalue weighted by Gasteiger charge is 2.31. The molecule has 0 saturated heterocycles. The number of hydrogen-bond acceptors (Lipinski definition) is 3. The fourth-order valence-electron chi connectivity index (χ4n) is 1.63. The van der Waals surface area contributed by atoms with E-state index in [1.165, 1.54) is 0 Å². The second-order valence-corrected chi connectivity index (χ2v) is 4.14. The van der Waals surface area contributed by atoms with Gasteiger partial charge in [-0.25, -0.2) is 0 Å². The molecule has 0 aliphatic rings. The van der Waals surface area contributed by atoms with E-state index < -0.39 is 0 Å². The molecule has 0 aromatic rings. The maximum absolute atomic E-state index is 11.4. The number of ether oxygens (including phenoxy) is 1. The predicted molar refractivity (Wildman–Crippen MR) is 59.7 cm³/mol. The Bertz CT molecular complexity index is 222. The Morgan fingerprint density at radius 1 is 1.13 bits per heavy atom. The number of carbonyl (C=O) groups is 2. The average molecular weight is 235 g/mol. The van der Waals surface area contributed by atoms with Crippen molar-refractivity contribution in [3.8, 4) is 0 Å². The molecule has 3 nitrogen and oxygen atoms in total. The minimum Gasteiger partial charge on any atom is -0.466 e. The zero-order valence-corrected chi connectivity index (χ0v) is 10.4. The van der Waals surface area contributed by atoms with Gasteiger partial charge in [0.25, 0.3) is 0 Å². The molecule has 0 amide bonds. The molecule has 0 radical (unpaired) electrons. The van der Waals surface area contributed by atoms with Gasteiger partial charge in [0, 0.05) is 6.42 Å². The largest absolute Gasteiger partial charge is 0.466 e. The van der Waals surface area contributed by atoms with Gasteiger partial charge in [0.1, 0.15) is 0 Å². The van der Waals surface area contributed by atoms with E-state index in [4.69, 9.17) is 16.3 Å². The van der Waals surface area contributed by atoms with Crippen LogP contribution in [0.15, 0.2) is 0 Å². The third kappa shape index (κ3) is 5.17. The minimum atomic E-state index is -0.386. The Morgan fingerprint density at radius 3 is 2.00 bits per heavy atom. The summed E-state index contributed by atoms with van der Waals surface area (Å²) in [4.78, 5) is 22.3. The van der Waals surface area contributed by atoms with Crippen LogP contribution in [0.5, 0.6) is 0 Å². The van der Waals surface area contributed by atoms with Crippen molar-refractivity contribution in [3.63, 3.8) is 0 Å². The third-order valence-electron chi connectivity index (χ3n) is 2.84. The van der Waals surface area contributed by atoms with Crippen molar-refractivity contribution >= 4 is 22.8 Å². The molecule has 0 unspecified atom stereocenters. The van der Waals surface area contributed by atoms with Gasteiger partial charge in [-0.3, -0.25) is 9.59 Å². The summed E-state index contributed by atoms with van der Waals surface area (Å²) in [5, 5.41) is -0.386. The van der Waals surface area contributed by atoms with Gasteiger partial charge < -0.3 is 4.74 Å². The van der Waals surface area contributed by atoms with Crippen LogP contribution < -0.4 is 0 Å². The second-order valence-electron chi connectivity index (χ2n) is 3.72. The SMILES string of the molecule is CCOC(=O)CC(CC)(CC)CC(=O)Cl. The normalized spacial score (nSPS) is 11.2. The van der Waals surface area contributed by atoms with E-state index in [1.807, 2.05) is 13.8 Å². The lowest BCUT2D eigenvalue weighted by atomic mass is 9.77. The van der Waals surface area contributed by atoms with E-state index >= 15 is 0 Å². The molecule has 0 aromatic carbocycles. The van der Waals surface area contributed by atoms with Crippen LogP contribution in [0, 0.1) is 5.41 Å². The fourth-order valence-corrected chi connectivity index (χ4v) is 1.91. The molecule has 0 N–H and O–H groups in total. The highest BCUT2D eigenvalue weighted by molar-refractivity contribution is 6.63. The molecule has 0 aliphatic heterocycles. The van der Waals surface area contributed by atoms with Crippen LogP contribution in [0.25, 0.3) is 0 Å². The fraction of sp³-hybridized carbons (Fsp3) is 0.818. The number of halogens is 1. The Morgan fingerprint density at radius 2 is 1.67 bits per heavy atom. The molecule has 0 atom stereocenters. The van der Waals surface area contributed by atoms with Crippen LogP contribution >= 0.6 is 11.6 Å². The summed E-state index contributed by atoms with van der Waals surface area (Å²) in [5.74, 6) is -0.251. The second kappa shape index (κ2) is 6.83. The van der Waals surface area contributed by atoms with E-state index in [2.05, 4.69) is 0 Å². The molecule has 0 rings (SSSR count). The highest BCUT2D eigenvalue weighted by atomic mass is 35.5. The summed E-state index contributed by atoms with van der Waals surface area (Å²) in [5.41, 5.74) is -0.328. The quantitative estimate of drug-likeness (QED) is 0.503. The molecule has 15 heavy (non-hydrogen) atoms. The first-order chi connectivity index (χ1) is 6.99. The number of carbonyl (C=O) groups excluding carboxylic acids is 2. The van der Waals surface area contributed by atoms with Gasteiger partial charge in [0.15, 0.2) is 0 Å². The van der Waals surface area contributed by atoms with Crippen LogP contribution in [0.3, 0.4) is 0 Å². The molecule has 0 saturated carbocycles. The van der Waals surface area contributed by atoms with Crippen molar-refractivity contribution in [2.75, 3.05) is 6.61 Å². The van der Waals surface area contributed by atoms with Gasteiger partial charge in [-0.2, -0.15) is 0 Å². The van der Waals surface area contributed by atoms with Gasteiger partial charge in [-0.1, -0.05) is 13.8 Å². The van der Waals surface area contributed by atoms with Crippen molar-refractivity contribution < 1.29 is 14.3 Å². The Labute approximate surface area is 96.1 Å². The van der Waals surface area contributed by atoms with Crippen molar-refractivity contribution in [2.24, 2.45) is 5.41 Å². The summed E-state index contributed by atoms with van der Waals surface area (Å²) >= 11 is 5.39. The zero-order valence-electron chi connectivity index (χ0n) is 9.64. The molecular formula is C11H19ClO3. The standard InChI is InChI=1S/C11H19ClO3/c1-4-11(5-2,7-9(12)13)8-10(14)15-6-3/h4-8H2,1-3H3. The predicted octanol–water partition coefficient (Wildman–Crippen LogP) is 2.90. The summed E-state index contributed by atoms with van der Waals surface area (Å²) in [6.07, 6.45) is 2.01. The van der Waals surface area contributed by atoms with Crippen LogP contribution in [0.4, 0.5) is 0 Å². The molecule has 0 fully saturated rings. The lowest BCUT2D eigenvalue weighted by molar-refractivity contribution is -0.146. The van der Waals surface area contributed by atoms with Crippen molar-refractivity contribution in [1.29, 1.82) is 0 Å². The van der Waals surface area contributed by atoms with Gasteiger partial charge in [-0.15, -0.1) is 0 Å². The molecule has 0 bridgehead atoms. The molecule has 4 heteroatoms. The summed E-state index contributed by atoms with van der Waals surface area (Å²) < 4.78 is 4.89. The van der Waals surface area contributed by atoms with Crippen molar-refractivity contribution in [1.82, 2.24) is 0 Å². The topological polar surface area (TPSA) is 43.4 Å².